The minimum atomic E-state index is -0.403. The standard InChI is InChI=1S/C14H12FN3O/c1-19-12-4-5-14(18-9-12)17-8-11-3-2-10(7-16)6-13(11)15/h2-6,9H,8H2,1H3,(H,17,18). The number of halogens is 1. The van der Waals surface area contributed by atoms with Crippen molar-refractivity contribution in [2.24, 2.45) is 0 Å². The largest absolute Gasteiger partial charge is 0.495 e. The first kappa shape index (κ1) is 12.8. The molecule has 0 spiro atoms. The highest BCUT2D eigenvalue weighted by molar-refractivity contribution is 5.39. The normalized spacial score (nSPS) is 9.74. The second-order valence-electron chi connectivity index (χ2n) is 3.85. The van der Waals surface area contributed by atoms with Gasteiger partial charge in [0.25, 0.3) is 0 Å². The van der Waals surface area contributed by atoms with Crippen molar-refractivity contribution in [1.82, 2.24) is 4.98 Å². The van der Waals surface area contributed by atoms with Crippen LogP contribution in [0.15, 0.2) is 36.5 Å². The summed E-state index contributed by atoms with van der Waals surface area (Å²) in [5.41, 5.74) is 0.792. The number of benzene rings is 1. The Kier molecular flexibility index (Phi) is 3.94. The molecule has 0 atom stereocenters. The van der Waals surface area contributed by atoms with E-state index < -0.39 is 5.82 Å². The van der Waals surface area contributed by atoms with Crippen LogP contribution in [-0.4, -0.2) is 12.1 Å². The maximum Gasteiger partial charge on any atom is 0.137 e. The summed E-state index contributed by atoms with van der Waals surface area (Å²) in [6, 6.07) is 9.81. The lowest BCUT2D eigenvalue weighted by atomic mass is 10.1. The highest BCUT2D eigenvalue weighted by Gasteiger charge is 2.04. The van der Waals surface area contributed by atoms with Gasteiger partial charge < -0.3 is 10.1 Å². The van der Waals surface area contributed by atoms with Gasteiger partial charge in [-0.3, -0.25) is 0 Å². The summed E-state index contributed by atoms with van der Waals surface area (Å²) in [6.45, 7) is 0.302. The molecule has 0 aliphatic carbocycles. The van der Waals surface area contributed by atoms with Gasteiger partial charge in [-0.15, -0.1) is 0 Å². The lowest BCUT2D eigenvalue weighted by molar-refractivity contribution is 0.413. The van der Waals surface area contributed by atoms with E-state index in [4.69, 9.17) is 10.00 Å². The minimum absolute atomic E-state index is 0.302. The van der Waals surface area contributed by atoms with Gasteiger partial charge in [-0.2, -0.15) is 5.26 Å². The number of pyridine rings is 1. The van der Waals surface area contributed by atoms with Crippen molar-refractivity contribution < 1.29 is 9.13 Å². The zero-order valence-electron chi connectivity index (χ0n) is 10.4. The van der Waals surface area contributed by atoms with E-state index in [9.17, 15) is 4.39 Å². The Morgan fingerprint density at radius 2 is 2.21 bits per heavy atom. The van der Waals surface area contributed by atoms with Gasteiger partial charge in [-0.1, -0.05) is 6.07 Å². The first-order valence-corrected chi connectivity index (χ1v) is 5.65. The number of aromatic nitrogens is 1. The number of nitrogens with zero attached hydrogens (tertiary/aromatic N) is 2. The molecule has 1 heterocycles. The van der Waals surface area contributed by atoms with Gasteiger partial charge in [0.1, 0.15) is 17.4 Å². The van der Waals surface area contributed by atoms with E-state index in [1.807, 2.05) is 6.07 Å². The van der Waals surface area contributed by atoms with Crippen LogP contribution < -0.4 is 10.1 Å². The Hall–Kier alpha value is -2.61. The molecule has 0 aliphatic heterocycles. The molecule has 0 radical (unpaired) electrons. The lowest BCUT2D eigenvalue weighted by Gasteiger charge is -2.07. The second kappa shape index (κ2) is 5.83. The lowest BCUT2D eigenvalue weighted by Crippen LogP contribution is -2.03. The summed E-state index contributed by atoms with van der Waals surface area (Å²) in [5.74, 6) is 0.889. The molecule has 2 rings (SSSR count). The number of hydrogen-bond donors (Lipinski definition) is 1. The molecule has 0 saturated carbocycles. The van der Waals surface area contributed by atoms with Crippen molar-refractivity contribution in [1.29, 1.82) is 5.26 Å². The maximum absolute atomic E-state index is 13.6. The van der Waals surface area contributed by atoms with Gasteiger partial charge in [0.05, 0.1) is 24.9 Å². The molecule has 0 bridgehead atoms. The molecule has 4 nitrogen and oxygen atoms in total. The van der Waals surface area contributed by atoms with E-state index in [2.05, 4.69) is 10.3 Å². The molecule has 0 aliphatic rings. The Labute approximate surface area is 110 Å². The van der Waals surface area contributed by atoms with Crippen LogP contribution in [0.4, 0.5) is 10.2 Å². The average Bonchev–Trinajstić information content (AvgIpc) is 2.46. The fourth-order valence-corrected chi connectivity index (χ4v) is 1.55. The molecule has 1 N–H and O–H groups in total. The fraction of sp³-hybridized carbons (Fsp3) is 0.143. The van der Waals surface area contributed by atoms with Gasteiger partial charge in [-0.05, 0) is 24.3 Å². The van der Waals surface area contributed by atoms with Crippen molar-refractivity contribution in [3.8, 4) is 11.8 Å². The van der Waals surface area contributed by atoms with Crippen molar-refractivity contribution in [3.05, 3.63) is 53.5 Å². The Balaban J connectivity index is 2.04. The SMILES string of the molecule is COc1ccc(NCc2ccc(C#N)cc2F)nc1. The van der Waals surface area contributed by atoms with Crippen molar-refractivity contribution in [3.63, 3.8) is 0 Å². The second-order valence-corrected chi connectivity index (χ2v) is 3.85. The highest BCUT2D eigenvalue weighted by Crippen LogP contribution is 2.14. The van der Waals surface area contributed by atoms with Crippen LogP contribution in [-0.2, 0) is 6.54 Å². The van der Waals surface area contributed by atoms with Crippen molar-refractivity contribution in [2.75, 3.05) is 12.4 Å². The summed E-state index contributed by atoms with van der Waals surface area (Å²) in [6.07, 6.45) is 1.58. The van der Waals surface area contributed by atoms with Gasteiger partial charge in [-0.25, -0.2) is 9.37 Å². The number of ether oxygens (including phenoxy) is 1. The van der Waals surface area contributed by atoms with E-state index in [0.717, 1.165) is 0 Å². The van der Waals surface area contributed by atoms with E-state index in [1.165, 1.54) is 6.07 Å². The summed E-state index contributed by atoms with van der Waals surface area (Å²) in [4.78, 5) is 4.12. The van der Waals surface area contributed by atoms with E-state index in [-0.39, 0.29) is 0 Å². The molecule has 0 unspecified atom stereocenters. The zero-order valence-corrected chi connectivity index (χ0v) is 10.4. The highest BCUT2D eigenvalue weighted by atomic mass is 19.1. The third-order valence-corrected chi connectivity index (χ3v) is 2.61. The molecule has 19 heavy (non-hydrogen) atoms. The third kappa shape index (κ3) is 3.19. The molecule has 0 amide bonds. The maximum atomic E-state index is 13.6. The molecule has 0 fully saturated rings. The van der Waals surface area contributed by atoms with Gasteiger partial charge in [0.15, 0.2) is 0 Å². The predicted molar refractivity (Wildman–Crippen MR) is 69.2 cm³/mol. The third-order valence-electron chi connectivity index (χ3n) is 2.61. The van der Waals surface area contributed by atoms with Crippen LogP contribution >= 0.6 is 0 Å². The number of nitrogens with one attached hydrogen (secondary N) is 1. The van der Waals surface area contributed by atoms with Crippen LogP contribution in [0.2, 0.25) is 0 Å². The minimum Gasteiger partial charge on any atom is -0.495 e. The van der Waals surface area contributed by atoms with Gasteiger partial charge >= 0.3 is 0 Å². The Morgan fingerprint density at radius 3 is 2.79 bits per heavy atom. The first-order valence-electron chi connectivity index (χ1n) is 5.65. The van der Waals surface area contributed by atoms with E-state index >= 15 is 0 Å². The summed E-state index contributed by atoms with van der Waals surface area (Å²) in [7, 11) is 1.57. The molecule has 2 aromatic rings. The number of nitriles is 1. The van der Waals surface area contributed by atoms with Crippen LogP contribution in [0, 0.1) is 17.1 Å². The summed E-state index contributed by atoms with van der Waals surface area (Å²) >= 11 is 0. The molecule has 5 heteroatoms. The number of rotatable bonds is 4. The molecule has 1 aromatic carbocycles. The zero-order chi connectivity index (χ0) is 13.7. The first-order chi connectivity index (χ1) is 9.22. The fourth-order valence-electron chi connectivity index (χ4n) is 1.55. The molecule has 96 valence electrons. The van der Waals surface area contributed by atoms with Gasteiger partial charge in [0.2, 0.25) is 0 Å². The Morgan fingerprint density at radius 1 is 1.37 bits per heavy atom. The molecular weight excluding hydrogens is 245 g/mol. The number of anilines is 1. The molecular formula is C14H12FN3O. The molecule has 1 aromatic heterocycles. The van der Waals surface area contributed by atoms with Gasteiger partial charge in [0, 0.05) is 12.1 Å². The van der Waals surface area contributed by atoms with Crippen LogP contribution in [0.5, 0.6) is 5.75 Å². The summed E-state index contributed by atoms with van der Waals surface area (Å²) < 4.78 is 18.6. The van der Waals surface area contributed by atoms with E-state index in [1.54, 1.807) is 37.6 Å². The quantitative estimate of drug-likeness (QED) is 0.914. The average molecular weight is 257 g/mol. The van der Waals surface area contributed by atoms with Crippen molar-refractivity contribution >= 4 is 5.82 Å². The topological polar surface area (TPSA) is 57.9 Å². The molecule has 0 saturated heterocycles. The van der Waals surface area contributed by atoms with Crippen LogP contribution in [0.1, 0.15) is 11.1 Å². The monoisotopic (exact) mass is 257 g/mol. The number of hydrogen-bond acceptors (Lipinski definition) is 4. The van der Waals surface area contributed by atoms with Crippen LogP contribution in [0.25, 0.3) is 0 Å². The van der Waals surface area contributed by atoms with E-state index in [0.29, 0.717) is 29.2 Å². The Bertz CT molecular complexity index is 605. The van der Waals surface area contributed by atoms with Crippen LogP contribution in [0.3, 0.4) is 0 Å². The van der Waals surface area contributed by atoms with Crippen molar-refractivity contribution in [2.45, 2.75) is 6.54 Å². The number of methoxy groups -OCH3 is 1. The predicted octanol–water partition coefficient (Wildman–Crippen LogP) is 2.71. The summed E-state index contributed by atoms with van der Waals surface area (Å²) in [5, 5.41) is 11.7. The smallest absolute Gasteiger partial charge is 0.137 e.